The minimum atomic E-state index is -0.875. The molecule has 4 N–H and O–H groups in total. The molecule has 16 heavy (non-hydrogen) atoms. The normalized spacial score (nSPS) is 19.9. The summed E-state index contributed by atoms with van der Waals surface area (Å²) in [6, 6.07) is 0.00756. The molecule has 0 aromatic carbocycles. The van der Waals surface area contributed by atoms with E-state index < -0.39 is 6.10 Å². The Labute approximate surface area is 96.2 Å². The minimum Gasteiger partial charge on any atom is -0.394 e. The molecule has 0 aliphatic heterocycles. The van der Waals surface area contributed by atoms with Gasteiger partial charge in [0.1, 0.15) is 0 Å². The van der Waals surface area contributed by atoms with Gasteiger partial charge in [0.15, 0.2) is 0 Å². The largest absolute Gasteiger partial charge is 0.394 e. The monoisotopic (exact) mass is 230 g/mol. The lowest BCUT2D eigenvalue weighted by Crippen LogP contribution is -2.44. The van der Waals surface area contributed by atoms with Crippen molar-refractivity contribution in [3.8, 4) is 0 Å². The van der Waals surface area contributed by atoms with Crippen LogP contribution in [0.5, 0.6) is 0 Å². The van der Waals surface area contributed by atoms with Gasteiger partial charge in [0.2, 0.25) is 0 Å². The first-order valence-electron chi connectivity index (χ1n) is 6.05. The Kier molecular flexibility index (Phi) is 6.18. The van der Waals surface area contributed by atoms with Gasteiger partial charge in [-0.25, -0.2) is 4.79 Å². The zero-order valence-electron chi connectivity index (χ0n) is 9.61. The van der Waals surface area contributed by atoms with Crippen LogP contribution < -0.4 is 10.6 Å². The van der Waals surface area contributed by atoms with Crippen LogP contribution in [0.4, 0.5) is 4.79 Å². The molecule has 0 radical (unpaired) electrons. The van der Waals surface area contributed by atoms with Gasteiger partial charge in [0.05, 0.1) is 12.7 Å². The summed E-state index contributed by atoms with van der Waals surface area (Å²) < 4.78 is 0. The van der Waals surface area contributed by atoms with E-state index in [1.165, 1.54) is 25.7 Å². The average molecular weight is 230 g/mol. The Bertz CT molecular complexity index is 203. The fourth-order valence-electron chi connectivity index (χ4n) is 1.94. The number of aliphatic hydroxyl groups is 2. The van der Waals surface area contributed by atoms with Gasteiger partial charge < -0.3 is 20.8 Å². The summed E-state index contributed by atoms with van der Waals surface area (Å²) in [7, 11) is 0. The molecule has 1 saturated carbocycles. The van der Waals surface area contributed by atoms with E-state index in [4.69, 9.17) is 10.2 Å². The van der Waals surface area contributed by atoms with Crippen molar-refractivity contribution in [2.45, 2.75) is 50.7 Å². The summed E-state index contributed by atoms with van der Waals surface area (Å²) in [4.78, 5) is 11.4. The molecule has 1 fully saturated rings. The van der Waals surface area contributed by atoms with E-state index in [1.807, 2.05) is 0 Å². The Morgan fingerprint density at radius 1 is 1.25 bits per heavy atom. The second kappa shape index (κ2) is 7.46. The molecular weight excluding hydrogens is 208 g/mol. The van der Waals surface area contributed by atoms with Gasteiger partial charge in [0.25, 0.3) is 0 Å². The summed E-state index contributed by atoms with van der Waals surface area (Å²) in [5, 5.41) is 23.1. The van der Waals surface area contributed by atoms with E-state index in [9.17, 15) is 4.79 Å². The molecule has 1 aliphatic rings. The molecule has 0 spiro atoms. The summed E-state index contributed by atoms with van der Waals surface area (Å²) in [5.74, 6) is 0. The maximum atomic E-state index is 11.4. The SMILES string of the molecule is O=C(NCC(O)CO)NC1CCCCCC1. The fourth-order valence-corrected chi connectivity index (χ4v) is 1.94. The van der Waals surface area contributed by atoms with Crippen molar-refractivity contribution in [3.05, 3.63) is 0 Å². The second-order valence-electron chi connectivity index (χ2n) is 4.38. The van der Waals surface area contributed by atoms with E-state index in [2.05, 4.69) is 10.6 Å². The van der Waals surface area contributed by atoms with Crippen LogP contribution in [0.25, 0.3) is 0 Å². The standard InChI is InChI=1S/C11H22N2O3/c14-8-10(15)7-12-11(16)13-9-5-3-1-2-4-6-9/h9-10,14-15H,1-8H2,(H2,12,13,16). The third-order valence-corrected chi connectivity index (χ3v) is 2.90. The second-order valence-corrected chi connectivity index (χ2v) is 4.38. The molecule has 0 bridgehead atoms. The van der Waals surface area contributed by atoms with Crippen LogP contribution in [0.2, 0.25) is 0 Å². The number of aliphatic hydroxyl groups excluding tert-OH is 2. The molecule has 2 amide bonds. The van der Waals surface area contributed by atoms with Crippen LogP contribution in [0.3, 0.4) is 0 Å². The number of rotatable bonds is 4. The lowest BCUT2D eigenvalue weighted by molar-refractivity contribution is 0.0958. The summed E-state index contributed by atoms with van der Waals surface area (Å²) >= 11 is 0. The van der Waals surface area contributed by atoms with E-state index >= 15 is 0 Å². The number of hydrogen-bond acceptors (Lipinski definition) is 3. The van der Waals surface area contributed by atoms with Crippen LogP contribution >= 0.6 is 0 Å². The van der Waals surface area contributed by atoms with Crippen LogP contribution in [0.1, 0.15) is 38.5 Å². The highest BCUT2D eigenvalue weighted by Crippen LogP contribution is 2.16. The molecule has 1 atom stereocenters. The van der Waals surface area contributed by atoms with Crippen molar-refractivity contribution < 1.29 is 15.0 Å². The number of hydrogen-bond donors (Lipinski definition) is 4. The first-order valence-corrected chi connectivity index (χ1v) is 6.05. The number of carbonyl (C=O) groups is 1. The first-order chi connectivity index (χ1) is 7.72. The molecule has 1 unspecified atom stereocenters. The van der Waals surface area contributed by atoms with Gasteiger partial charge in [0, 0.05) is 12.6 Å². The van der Waals surface area contributed by atoms with Crippen molar-refractivity contribution in [2.75, 3.05) is 13.2 Å². The van der Waals surface area contributed by atoms with Crippen LogP contribution in [-0.4, -0.2) is 41.5 Å². The van der Waals surface area contributed by atoms with E-state index in [-0.39, 0.29) is 25.2 Å². The van der Waals surface area contributed by atoms with Gasteiger partial charge in [-0.2, -0.15) is 0 Å². The number of carbonyl (C=O) groups excluding carboxylic acids is 1. The van der Waals surface area contributed by atoms with Crippen molar-refractivity contribution in [1.29, 1.82) is 0 Å². The quantitative estimate of drug-likeness (QED) is 0.526. The van der Waals surface area contributed by atoms with Gasteiger partial charge in [-0.05, 0) is 12.8 Å². The van der Waals surface area contributed by atoms with E-state index in [0.717, 1.165) is 12.8 Å². The molecule has 1 aliphatic carbocycles. The van der Waals surface area contributed by atoms with Gasteiger partial charge in [-0.15, -0.1) is 0 Å². The average Bonchev–Trinajstić information content (AvgIpc) is 2.54. The zero-order chi connectivity index (χ0) is 11.8. The molecular formula is C11H22N2O3. The van der Waals surface area contributed by atoms with E-state index in [1.54, 1.807) is 0 Å². The van der Waals surface area contributed by atoms with E-state index in [0.29, 0.717) is 0 Å². The predicted octanol–water partition coefficient (Wildman–Crippen LogP) is 0.362. The number of urea groups is 1. The third-order valence-electron chi connectivity index (χ3n) is 2.90. The molecule has 0 heterocycles. The van der Waals surface area contributed by atoms with Crippen molar-refractivity contribution in [1.82, 2.24) is 10.6 Å². The summed E-state index contributed by atoms with van der Waals surface area (Å²) in [5.41, 5.74) is 0. The number of nitrogens with one attached hydrogen (secondary N) is 2. The van der Waals surface area contributed by atoms with Crippen molar-refractivity contribution in [3.63, 3.8) is 0 Å². The molecule has 94 valence electrons. The van der Waals surface area contributed by atoms with Gasteiger partial charge in [-0.3, -0.25) is 0 Å². The maximum absolute atomic E-state index is 11.4. The Balaban J connectivity index is 2.16. The van der Waals surface area contributed by atoms with Crippen molar-refractivity contribution in [2.24, 2.45) is 0 Å². The Morgan fingerprint density at radius 2 is 1.88 bits per heavy atom. The molecule has 0 aromatic heterocycles. The molecule has 5 nitrogen and oxygen atoms in total. The molecule has 5 heteroatoms. The zero-order valence-corrected chi connectivity index (χ0v) is 9.61. The third kappa shape index (κ3) is 5.32. The number of amides is 2. The summed E-state index contributed by atoms with van der Waals surface area (Å²) in [6.45, 7) is -0.237. The highest BCUT2D eigenvalue weighted by Gasteiger charge is 2.14. The lowest BCUT2D eigenvalue weighted by atomic mass is 10.1. The smallest absolute Gasteiger partial charge is 0.315 e. The molecule has 1 rings (SSSR count). The molecule has 0 saturated heterocycles. The van der Waals surface area contributed by atoms with Gasteiger partial charge >= 0.3 is 6.03 Å². The van der Waals surface area contributed by atoms with Gasteiger partial charge in [-0.1, -0.05) is 25.7 Å². The highest BCUT2D eigenvalue weighted by atomic mass is 16.3. The Hall–Kier alpha value is -0.810. The fraction of sp³-hybridized carbons (Fsp3) is 0.909. The Morgan fingerprint density at radius 3 is 2.44 bits per heavy atom. The van der Waals surface area contributed by atoms with Crippen LogP contribution in [0, 0.1) is 0 Å². The lowest BCUT2D eigenvalue weighted by Gasteiger charge is -2.17. The van der Waals surface area contributed by atoms with Crippen molar-refractivity contribution >= 4 is 6.03 Å². The summed E-state index contributed by atoms with van der Waals surface area (Å²) in [6.07, 6.45) is 6.05. The predicted molar refractivity (Wildman–Crippen MR) is 61.1 cm³/mol. The molecule has 0 aromatic rings. The first kappa shape index (κ1) is 13.3. The minimum absolute atomic E-state index is 0.0923. The topological polar surface area (TPSA) is 81.6 Å². The maximum Gasteiger partial charge on any atom is 0.315 e. The van der Waals surface area contributed by atoms with Crippen LogP contribution in [-0.2, 0) is 0 Å². The van der Waals surface area contributed by atoms with Crippen LogP contribution in [0.15, 0.2) is 0 Å². The highest BCUT2D eigenvalue weighted by molar-refractivity contribution is 5.74.